The zero-order valence-electron chi connectivity index (χ0n) is 18.3. The second kappa shape index (κ2) is 9.32. The number of hydrogen-bond donors (Lipinski definition) is 1. The van der Waals surface area contributed by atoms with Crippen molar-refractivity contribution in [1.82, 2.24) is 18.9 Å². The number of benzene rings is 2. The van der Waals surface area contributed by atoms with Crippen molar-refractivity contribution in [2.75, 3.05) is 11.9 Å². The predicted molar refractivity (Wildman–Crippen MR) is 132 cm³/mol. The molecule has 0 fully saturated rings. The van der Waals surface area contributed by atoms with Crippen LogP contribution in [-0.2, 0) is 11.3 Å². The second-order valence-corrected chi connectivity index (χ2v) is 8.42. The summed E-state index contributed by atoms with van der Waals surface area (Å²) < 4.78 is 8.68. The molecular weight excluding hydrogens is 450 g/mol. The lowest BCUT2D eigenvalue weighted by Gasteiger charge is -2.09. The van der Waals surface area contributed by atoms with Crippen molar-refractivity contribution in [1.29, 1.82) is 0 Å². The van der Waals surface area contributed by atoms with Gasteiger partial charge in [0.25, 0.3) is 5.56 Å². The molecule has 0 aliphatic carbocycles. The maximum absolute atomic E-state index is 12.6. The number of rotatable bonds is 7. The minimum atomic E-state index is -0.319. The van der Waals surface area contributed by atoms with Crippen LogP contribution in [0.1, 0.15) is 6.92 Å². The van der Waals surface area contributed by atoms with Crippen molar-refractivity contribution in [3.63, 3.8) is 0 Å². The SMILES string of the molecule is CCOc1ccc(-c2cc(=O)n(CC(=O)Nc3cccc(-c4cn5ccsc5n4)c3)cn2)cc1. The Kier molecular flexibility index (Phi) is 5.92. The predicted octanol–water partition coefficient (Wildman–Crippen LogP) is 4.32. The number of anilines is 1. The highest BCUT2D eigenvalue weighted by atomic mass is 32.1. The number of carbonyl (C=O) groups excluding carboxylic acids is 1. The van der Waals surface area contributed by atoms with Crippen molar-refractivity contribution < 1.29 is 9.53 Å². The summed E-state index contributed by atoms with van der Waals surface area (Å²) in [5.41, 5.74) is 3.39. The summed E-state index contributed by atoms with van der Waals surface area (Å²) in [6.45, 7) is 2.37. The fraction of sp³-hybridized carbons (Fsp3) is 0.120. The number of nitrogens with zero attached hydrogens (tertiary/aromatic N) is 4. The molecule has 0 unspecified atom stereocenters. The fourth-order valence-electron chi connectivity index (χ4n) is 3.57. The van der Waals surface area contributed by atoms with Crippen LogP contribution in [0.25, 0.3) is 27.5 Å². The van der Waals surface area contributed by atoms with Gasteiger partial charge in [0, 0.05) is 40.7 Å². The van der Waals surface area contributed by atoms with Gasteiger partial charge in [-0.05, 0) is 43.3 Å². The lowest BCUT2D eigenvalue weighted by atomic mass is 10.1. The van der Waals surface area contributed by atoms with Crippen LogP contribution in [0.2, 0.25) is 0 Å². The van der Waals surface area contributed by atoms with Crippen LogP contribution in [0.5, 0.6) is 5.75 Å². The molecule has 0 radical (unpaired) electrons. The third-order valence-corrected chi connectivity index (χ3v) is 5.96. The first kappa shape index (κ1) is 21.6. The Morgan fingerprint density at radius 3 is 2.71 bits per heavy atom. The van der Waals surface area contributed by atoms with Gasteiger partial charge in [0.15, 0.2) is 4.96 Å². The first-order chi connectivity index (χ1) is 16.6. The monoisotopic (exact) mass is 471 g/mol. The van der Waals surface area contributed by atoms with Gasteiger partial charge >= 0.3 is 0 Å². The number of carbonyl (C=O) groups is 1. The molecule has 0 saturated carbocycles. The number of nitrogens with one attached hydrogen (secondary N) is 1. The highest BCUT2D eigenvalue weighted by molar-refractivity contribution is 7.15. The molecule has 1 amide bonds. The second-order valence-electron chi connectivity index (χ2n) is 7.55. The zero-order chi connectivity index (χ0) is 23.5. The fourth-order valence-corrected chi connectivity index (χ4v) is 4.27. The van der Waals surface area contributed by atoms with Crippen LogP contribution < -0.4 is 15.6 Å². The average molecular weight is 472 g/mol. The van der Waals surface area contributed by atoms with Crippen LogP contribution in [0, 0.1) is 0 Å². The lowest BCUT2D eigenvalue weighted by molar-refractivity contribution is -0.116. The van der Waals surface area contributed by atoms with Crippen molar-refractivity contribution in [3.05, 3.63) is 89.1 Å². The normalized spacial score (nSPS) is 11.0. The van der Waals surface area contributed by atoms with Gasteiger partial charge in [-0.2, -0.15) is 0 Å². The molecule has 170 valence electrons. The number of ether oxygens (including phenoxy) is 1. The first-order valence-corrected chi connectivity index (χ1v) is 11.6. The van der Waals surface area contributed by atoms with Crippen LogP contribution >= 0.6 is 11.3 Å². The number of fused-ring (bicyclic) bond motifs is 1. The van der Waals surface area contributed by atoms with Gasteiger partial charge in [-0.3, -0.25) is 18.6 Å². The van der Waals surface area contributed by atoms with Gasteiger partial charge in [0.1, 0.15) is 12.3 Å². The number of amides is 1. The summed E-state index contributed by atoms with van der Waals surface area (Å²) in [6, 6.07) is 16.3. The van der Waals surface area contributed by atoms with Gasteiger partial charge < -0.3 is 10.1 Å². The third kappa shape index (κ3) is 4.60. The van der Waals surface area contributed by atoms with Gasteiger partial charge in [0.2, 0.25) is 5.91 Å². The number of hydrogen-bond acceptors (Lipinski definition) is 6. The minimum Gasteiger partial charge on any atom is -0.494 e. The molecule has 2 aromatic carbocycles. The van der Waals surface area contributed by atoms with Crippen LogP contribution in [0.4, 0.5) is 5.69 Å². The molecule has 0 saturated heterocycles. The minimum absolute atomic E-state index is 0.139. The molecule has 0 aliphatic rings. The van der Waals surface area contributed by atoms with E-state index in [1.54, 1.807) is 17.4 Å². The van der Waals surface area contributed by atoms with E-state index in [9.17, 15) is 9.59 Å². The summed E-state index contributed by atoms with van der Waals surface area (Å²) in [7, 11) is 0. The highest BCUT2D eigenvalue weighted by Gasteiger charge is 2.10. The van der Waals surface area contributed by atoms with E-state index in [0.29, 0.717) is 18.0 Å². The van der Waals surface area contributed by atoms with E-state index in [1.807, 2.05) is 71.6 Å². The van der Waals surface area contributed by atoms with Crippen LogP contribution in [0.3, 0.4) is 0 Å². The Morgan fingerprint density at radius 2 is 1.94 bits per heavy atom. The molecule has 0 aliphatic heterocycles. The summed E-state index contributed by atoms with van der Waals surface area (Å²) in [5.74, 6) is 0.439. The Bertz CT molecular complexity index is 1490. The third-order valence-electron chi connectivity index (χ3n) is 5.19. The van der Waals surface area contributed by atoms with E-state index >= 15 is 0 Å². The van der Waals surface area contributed by atoms with Crippen molar-refractivity contribution in [2.45, 2.75) is 13.5 Å². The van der Waals surface area contributed by atoms with Gasteiger partial charge in [-0.25, -0.2) is 9.97 Å². The van der Waals surface area contributed by atoms with Crippen molar-refractivity contribution in [2.24, 2.45) is 0 Å². The van der Waals surface area contributed by atoms with Crippen molar-refractivity contribution in [3.8, 4) is 28.3 Å². The Morgan fingerprint density at radius 1 is 1.09 bits per heavy atom. The summed E-state index contributed by atoms with van der Waals surface area (Å²) in [6.07, 6.45) is 5.29. The first-order valence-electron chi connectivity index (χ1n) is 10.7. The zero-order valence-corrected chi connectivity index (χ0v) is 19.2. The highest BCUT2D eigenvalue weighted by Crippen LogP contribution is 2.24. The molecular formula is C25H21N5O3S. The smallest absolute Gasteiger partial charge is 0.254 e. The number of thiazole rings is 1. The van der Waals surface area contributed by atoms with Crippen LogP contribution in [-0.4, -0.2) is 31.4 Å². The maximum Gasteiger partial charge on any atom is 0.254 e. The number of aromatic nitrogens is 4. The van der Waals surface area contributed by atoms with E-state index in [2.05, 4.69) is 15.3 Å². The molecule has 0 atom stereocenters. The summed E-state index contributed by atoms with van der Waals surface area (Å²) >= 11 is 1.56. The molecule has 0 spiro atoms. The standard InChI is InChI=1S/C25H21N5O3S/c1-2-33-20-8-6-17(7-9-20)21-13-24(32)30(16-26-21)15-23(31)27-19-5-3-4-18(12-19)22-14-29-10-11-34-25(29)28-22/h3-14,16H,2,15H2,1H3,(H,27,31). The molecule has 34 heavy (non-hydrogen) atoms. The summed E-state index contributed by atoms with van der Waals surface area (Å²) in [5, 5.41) is 4.82. The van der Waals surface area contributed by atoms with Gasteiger partial charge in [-0.15, -0.1) is 11.3 Å². The Labute approximate surface area is 199 Å². The van der Waals surface area contributed by atoms with Crippen molar-refractivity contribution >= 4 is 27.9 Å². The molecule has 9 heteroatoms. The Balaban J connectivity index is 1.27. The largest absolute Gasteiger partial charge is 0.494 e. The van der Waals surface area contributed by atoms with Crippen LogP contribution in [0.15, 0.2) is 83.5 Å². The van der Waals surface area contributed by atoms with E-state index < -0.39 is 0 Å². The average Bonchev–Trinajstić information content (AvgIpc) is 3.44. The topological polar surface area (TPSA) is 90.5 Å². The van der Waals surface area contributed by atoms with Gasteiger partial charge in [-0.1, -0.05) is 12.1 Å². The quantitative estimate of drug-likeness (QED) is 0.382. The molecule has 1 N–H and O–H groups in total. The molecule has 3 heterocycles. The van der Waals surface area contributed by atoms with E-state index in [0.717, 1.165) is 27.5 Å². The molecule has 5 rings (SSSR count). The van der Waals surface area contributed by atoms with E-state index in [1.165, 1.54) is 17.0 Å². The Hall–Kier alpha value is -4.24. The maximum atomic E-state index is 12.6. The summed E-state index contributed by atoms with van der Waals surface area (Å²) in [4.78, 5) is 35.0. The number of imidazole rings is 1. The van der Waals surface area contributed by atoms with Gasteiger partial charge in [0.05, 0.1) is 24.3 Å². The molecule has 5 aromatic rings. The molecule has 3 aromatic heterocycles. The molecule has 8 nitrogen and oxygen atoms in total. The molecule has 0 bridgehead atoms. The van der Waals surface area contributed by atoms with E-state index in [-0.39, 0.29) is 18.0 Å². The lowest BCUT2D eigenvalue weighted by Crippen LogP contribution is -2.27. The van der Waals surface area contributed by atoms with E-state index in [4.69, 9.17) is 4.74 Å².